The second kappa shape index (κ2) is 3.87. The minimum absolute atomic E-state index is 0.176. The predicted molar refractivity (Wildman–Crippen MR) is 77.2 cm³/mol. The van der Waals surface area contributed by atoms with Gasteiger partial charge in [-0.1, -0.05) is 12.1 Å². The third kappa shape index (κ3) is 1.43. The van der Waals surface area contributed by atoms with E-state index >= 15 is 0 Å². The highest BCUT2D eigenvalue weighted by Gasteiger charge is 2.53. The van der Waals surface area contributed by atoms with Gasteiger partial charge in [-0.2, -0.15) is 0 Å². The lowest BCUT2D eigenvalue weighted by molar-refractivity contribution is -0.128. The molecular formula is C17H19NO2. The molecule has 1 saturated heterocycles. The topological polar surface area (TPSA) is 40.5 Å². The standard InChI is InChI=1S/C17H19NO2/c1-11(19)18-9-13-2-5-16-15-4-3-14(20)8-12(15)6-7-17(13,16)10-18/h3-5,8,13,20H,2,6-7,9-10H2,1H3/t13-,17+/m1/s1. The molecule has 3 aliphatic rings. The number of aryl methyl sites for hydroxylation is 1. The van der Waals surface area contributed by atoms with Crippen molar-refractivity contribution >= 4 is 11.5 Å². The maximum atomic E-state index is 11.7. The SMILES string of the molecule is CC(=O)N1C[C@H]2CC=C3c4ccc(O)cc4CC[C@@]32C1. The van der Waals surface area contributed by atoms with Gasteiger partial charge in [0, 0.05) is 25.4 Å². The molecule has 1 N–H and O–H groups in total. The van der Waals surface area contributed by atoms with Crippen LogP contribution in [0.25, 0.3) is 5.57 Å². The van der Waals surface area contributed by atoms with Gasteiger partial charge in [-0.25, -0.2) is 0 Å². The second-order valence-electron chi connectivity index (χ2n) is 6.45. The summed E-state index contributed by atoms with van der Waals surface area (Å²) in [5.74, 6) is 1.14. The van der Waals surface area contributed by atoms with Crippen LogP contribution in [-0.2, 0) is 11.2 Å². The molecule has 104 valence electrons. The van der Waals surface area contributed by atoms with E-state index in [9.17, 15) is 9.90 Å². The van der Waals surface area contributed by atoms with Crippen molar-refractivity contribution in [3.63, 3.8) is 0 Å². The summed E-state index contributed by atoms with van der Waals surface area (Å²) in [7, 11) is 0. The maximum Gasteiger partial charge on any atom is 0.219 e. The van der Waals surface area contributed by atoms with E-state index in [1.54, 1.807) is 13.0 Å². The molecular weight excluding hydrogens is 250 g/mol. The molecule has 2 atom stereocenters. The third-order valence-corrected chi connectivity index (χ3v) is 5.50. The van der Waals surface area contributed by atoms with Gasteiger partial charge in [-0.3, -0.25) is 4.79 Å². The molecule has 0 bridgehead atoms. The quantitative estimate of drug-likeness (QED) is 0.786. The Hall–Kier alpha value is -1.77. The van der Waals surface area contributed by atoms with E-state index in [2.05, 4.69) is 12.1 Å². The molecule has 1 fully saturated rings. The van der Waals surface area contributed by atoms with Crippen molar-refractivity contribution in [2.45, 2.75) is 26.2 Å². The third-order valence-electron chi connectivity index (χ3n) is 5.50. The van der Waals surface area contributed by atoms with Gasteiger partial charge >= 0.3 is 0 Å². The lowest BCUT2D eigenvalue weighted by Gasteiger charge is -2.37. The fourth-order valence-electron chi connectivity index (χ4n) is 4.49. The van der Waals surface area contributed by atoms with Crippen LogP contribution in [0.5, 0.6) is 5.75 Å². The van der Waals surface area contributed by atoms with Crippen molar-refractivity contribution in [1.82, 2.24) is 4.90 Å². The molecule has 0 radical (unpaired) electrons. The highest BCUT2D eigenvalue weighted by atomic mass is 16.3. The molecule has 20 heavy (non-hydrogen) atoms. The van der Waals surface area contributed by atoms with Crippen molar-refractivity contribution in [2.24, 2.45) is 11.3 Å². The average molecular weight is 269 g/mol. The van der Waals surface area contributed by atoms with Crippen molar-refractivity contribution < 1.29 is 9.90 Å². The van der Waals surface area contributed by atoms with Gasteiger partial charge in [0.1, 0.15) is 5.75 Å². The Morgan fingerprint density at radius 3 is 3.10 bits per heavy atom. The number of fused-ring (bicyclic) bond motifs is 2. The first-order valence-electron chi connectivity index (χ1n) is 7.38. The fourth-order valence-corrected chi connectivity index (χ4v) is 4.49. The Balaban J connectivity index is 1.78. The Morgan fingerprint density at radius 1 is 1.45 bits per heavy atom. The van der Waals surface area contributed by atoms with Crippen molar-refractivity contribution in [3.8, 4) is 5.75 Å². The number of likely N-dealkylation sites (tertiary alicyclic amines) is 1. The Morgan fingerprint density at radius 2 is 2.30 bits per heavy atom. The first-order chi connectivity index (χ1) is 9.60. The maximum absolute atomic E-state index is 11.7. The zero-order chi connectivity index (χ0) is 13.9. The molecule has 1 amide bonds. The van der Waals surface area contributed by atoms with Crippen LogP contribution in [0.1, 0.15) is 30.9 Å². The molecule has 0 aromatic heterocycles. The lowest BCUT2D eigenvalue weighted by atomic mass is 9.66. The predicted octanol–water partition coefficient (Wildman–Crippen LogP) is 2.59. The van der Waals surface area contributed by atoms with Crippen molar-refractivity contribution in [2.75, 3.05) is 13.1 Å². The summed E-state index contributed by atoms with van der Waals surface area (Å²) < 4.78 is 0. The normalized spacial score (nSPS) is 30.6. The number of nitrogens with zero attached hydrogens (tertiary/aromatic N) is 1. The lowest BCUT2D eigenvalue weighted by Crippen LogP contribution is -2.34. The van der Waals surface area contributed by atoms with E-state index in [0.29, 0.717) is 11.7 Å². The fraction of sp³-hybridized carbons (Fsp3) is 0.471. The van der Waals surface area contributed by atoms with Gasteiger partial charge in [0.25, 0.3) is 0 Å². The van der Waals surface area contributed by atoms with E-state index in [4.69, 9.17) is 0 Å². The number of benzene rings is 1. The van der Waals surface area contributed by atoms with Crippen molar-refractivity contribution in [3.05, 3.63) is 35.4 Å². The zero-order valence-electron chi connectivity index (χ0n) is 11.7. The number of carbonyl (C=O) groups is 1. The average Bonchev–Trinajstić information content (AvgIpc) is 2.93. The van der Waals surface area contributed by atoms with Gasteiger partial charge in [0.2, 0.25) is 5.91 Å². The monoisotopic (exact) mass is 269 g/mol. The van der Waals surface area contributed by atoms with Gasteiger partial charge < -0.3 is 10.0 Å². The Kier molecular flexibility index (Phi) is 2.33. The van der Waals surface area contributed by atoms with Crippen LogP contribution < -0.4 is 0 Å². The molecule has 1 aromatic carbocycles. The molecule has 1 spiro atoms. The molecule has 4 rings (SSSR count). The van der Waals surface area contributed by atoms with E-state index in [1.165, 1.54) is 16.7 Å². The summed E-state index contributed by atoms with van der Waals surface area (Å²) in [5.41, 5.74) is 4.15. The number of phenolic OH excluding ortho intramolecular Hbond substituents is 1. The van der Waals surface area contributed by atoms with Crippen LogP contribution in [0.4, 0.5) is 0 Å². The number of rotatable bonds is 0. The molecule has 0 saturated carbocycles. The molecule has 0 unspecified atom stereocenters. The molecule has 3 heteroatoms. The summed E-state index contributed by atoms with van der Waals surface area (Å²) in [5, 5.41) is 9.66. The summed E-state index contributed by atoms with van der Waals surface area (Å²) in [6, 6.07) is 5.73. The number of aromatic hydroxyl groups is 1. The van der Waals surface area contributed by atoms with Crippen LogP contribution in [0, 0.1) is 11.3 Å². The first-order valence-corrected chi connectivity index (χ1v) is 7.38. The van der Waals surface area contributed by atoms with E-state index < -0.39 is 0 Å². The van der Waals surface area contributed by atoms with Gasteiger partial charge in [0.05, 0.1) is 0 Å². The van der Waals surface area contributed by atoms with E-state index in [-0.39, 0.29) is 11.3 Å². The van der Waals surface area contributed by atoms with Gasteiger partial charge in [-0.15, -0.1) is 0 Å². The van der Waals surface area contributed by atoms with Gasteiger partial charge in [0.15, 0.2) is 0 Å². The van der Waals surface area contributed by atoms with Crippen molar-refractivity contribution in [1.29, 1.82) is 0 Å². The van der Waals surface area contributed by atoms with Crippen LogP contribution in [0.2, 0.25) is 0 Å². The summed E-state index contributed by atoms with van der Waals surface area (Å²) in [4.78, 5) is 13.7. The molecule has 1 heterocycles. The van der Waals surface area contributed by atoms with Crippen LogP contribution in [0.3, 0.4) is 0 Å². The summed E-state index contributed by atoms with van der Waals surface area (Å²) >= 11 is 0. The molecule has 1 aromatic rings. The minimum Gasteiger partial charge on any atom is -0.508 e. The number of phenols is 1. The summed E-state index contributed by atoms with van der Waals surface area (Å²) in [6.45, 7) is 3.46. The van der Waals surface area contributed by atoms with Gasteiger partial charge in [-0.05, 0) is 54.0 Å². The smallest absolute Gasteiger partial charge is 0.219 e. The van der Waals surface area contributed by atoms with Crippen LogP contribution >= 0.6 is 0 Å². The second-order valence-corrected chi connectivity index (χ2v) is 6.45. The van der Waals surface area contributed by atoms with Crippen LogP contribution in [0.15, 0.2) is 24.3 Å². The Labute approximate surface area is 118 Å². The number of amides is 1. The van der Waals surface area contributed by atoms with E-state index in [0.717, 1.165) is 32.4 Å². The highest BCUT2D eigenvalue weighted by molar-refractivity contribution is 5.80. The minimum atomic E-state index is 0.176. The first kappa shape index (κ1) is 12.0. The number of carbonyl (C=O) groups excluding carboxylic acids is 1. The highest BCUT2D eigenvalue weighted by Crippen LogP contribution is 2.58. The summed E-state index contributed by atoms with van der Waals surface area (Å²) in [6.07, 6.45) is 5.56. The van der Waals surface area contributed by atoms with Crippen LogP contribution in [-0.4, -0.2) is 29.0 Å². The van der Waals surface area contributed by atoms with E-state index in [1.807, 2.05) is 11.0 Å². The number of hydrogen-bond acceptors (Lipinski definition) is 2. The molecule has 3 nitrogen and oxygen atoms in total. The molecule has 1 aliphatic heterocycles. The number of allylic oxidation sites excluding steroid dienone is 1. The Bertz CT molecular complexity index is 634. The zero-order valence-corrected chi connectivity index (χ0v) is 11.7. The molecule has 2 aliphatic carbocycles. The number of hydrogen-bond donors (Lipinski definition) is 1. The largest absolute Gasteiger partial charge is 0.508 e.